The van der Waals surface area contributed by atoms with Crippen molar-refractivity contribution in [1.29, 1.82) is 0 Å². The van der Waals surface area contributed by atoms with E-state index < -0.39 is 0 Å². The molecular formula is C8H10Zr. The number of allylic oxidation sites excluding steroid dienone is 5. The fraction of sp³-hybridized carbons (Fsp3) is 0.250. The van der Waals surface area contributed by atoms with Crippen LogP contribution in [-0.2, 0) is 23.2 Å². The van der Waals surface area contributed by atoms with Crippen LogP contribution in [0.25, 0.3) is 0 Å². The zero-order valence-electron chi connectivity index (χ0n) is 5.59. The first-order valence-electron chi connectivity index (χ1n) is 3.17. The van der Waals surface area contributed by atoms with E-state index in [-0.39, 0.29) is 23.2 Å². The van der Waals surface area contributed by atoms with Crippen LogP contribution in [0.2, 0.25) is 0 Å². The average Bonchev–Trinajstić information content (AvgIpc) is 2.34. The molecule has 1 heteroatoms. The molecule has 0 nitrogen and oxygen atoms in total. The summed E-state index contributed by atoms with van der Waals surface area (Å²) in [6.45, 7) is 2.10. The van der Waals surface area contributed by atoms with Crippen molar-refractivity contribution in [3.8, 4) is 0 Å². The molecular weight excluding hydrogens is 187 g/mol. The summed E-state index contributed by atoms with van der Waals surface area (Å²) in [4.78, 5) is 0. The van der Waals surface area contributed by atoms with E-state index in [1.807, 2.05) is 0 Å². The molecule has 9 heavy (non-hydrogen) atoms. The first kappa shape index (κ1) is 7.21. The Morgan fingerprint density at radius 2 is 2.56 bits per heavy atom. The Kier molecular flexibility index (Phi) is 3.21. The van der Waals surface area contributed by atoms with E-state index in [0.29, 0.717) is 0 Å². The number of rotatable bonds is 2. The molecule has 0 aromatic rings. The van der Waals surface area contributed by atoms with Gasteiger partial charge in [0, 0.05) is 0 Å². The van der Waals surface area contributed by atoms with Gasteiger partial charge in [0.1, 0.15) is 0 Å². The van der Waals surface area contributed by atoms with Gasteiger partial charge < -0.3 is 0 Å². The number of hydrogen-bond acceptors (Lipinski definition) is 0. The molecule has 46 valence electrons. The second kappa shape index (κ2) is 4.01. The van der Waals surface area contributed by atoms with E-state index in [2.05, 4.69) is 35.0 Å². The first-order chi connectivity index (χ1) is 4.43. The summed E-state index contributed by atoms with van der Waals surface area (Å²) in [5.74, 6) is 0. The molecule has 0 saturated heterocycles. The van der Waals surface area contributed by atoms with Crippen LogP contribution in [0, 0.1) is 0 Å². The molecule has 0 atom stereocenters. The van der Waals surface area contributed by atoms with Gasteiger partial charge in [-0.1, -0.05) is 0 Å². The van der Waals surface area contributed by atoms with Crippen LogP contribution in [0.5, 0.6) is 0 Å². The molecule has 0 fully saturated rings. The molecule has 0 aromatic carbocycles. The van der Waals surface area contributed by atoms with Crippen LogP contribution in [0.1, 0.15) is 13.3 Å². The maximum atomic E-state index is 2.36. The molecule has 1 rings (SSSR count). The van der Waals surface area contributed by atoms with E-state index in [0.717, 1.165) is 0 Å². The zero-order valence-corrected chi connectivity index (χ0v) is 8.05. The van der Waals surface area contributed by atoms with Gasteiger partial charge in [-0.15, -0.1) is 0 Å². The maximum absolute atomic E-state index is 2.36. The van der Waals surface area contributed by atoms with Gasteiger partial charge in [-0.2, -0.15) is 0 Å². The van der Waals surface area contributed by atoms with Crippen LogP contribution in [-0.4, -0.2) is 0 Å². The third-order valence-corrected chi connectivity index (χ3v) is 4.26. The minimum atomic E-state index is -0.246. The Hall–Kier alpha value is 0.103. The van der Waals surface area contributed by atoms with E-state index in [4.69, 9.17) is 0 Å². The van der Waals surface area contributed by atoms with Crippen molar-refractivity contribution in [2.45, 2.75) is 13.3 Å². The molecule has 0 aliphatic heterocycles. The molecule has 1 aliphatic rings. The minimum absolute atomic E-state index is 0.246. The van der Waals surface area contributed by atoms with E-state index >= 15 is 0 Å². The van der Waals surface area contributed by atoms with Crippen LogP contribution >= 0.6 is 0 Å². The number of hydrogen-bond donors (Lipinski definition) is 0. The molecule has 0 spiro atoms. The molecule has 0 radical (unpaired) electrons. The van der Waals surface area contributed by atoms with Crippen LogP contribution in [0.15, 0.2) is 31.4 Å². The quantitative estimate of drug-likeness (QED) is 0.638. The summed E-state index contributed by atoms with van der Waals surface area (Å²) in [6.07, 6.45) is 10.1. The van der Waals surface area contributed by atoms with Crippen LogP contribution < -0.4 is 0 Å². The van der Waals surface area contributed by atoms with Crippen molar-refractivity contribution in [1.82, 2.24) is 0 Å². The predicted molar refractivity (Wildman–Crippen MR) is 36.7 cm³/mol. The Bertz CT molecular complexity index is 163. The van der Waals surface area contributed by atoms with E-state index in [1.165, 1.54) is 6.42 Å². The molecule has 0 saturated carbocycles. The standard InChI is InChI=1S/C5H5.C3H5.Zr/c1-2-4-5-3-1;1-3-2;/h1-3H,4H2;1,3H,2H3;. The third kappa shape index (κ3) is 2.45. The third-order valence-electron chi connectivity index (χ3n) is 1.21. The van der Waals surface area contributed by atoms with Crippen molar-refractivity contribution < 1.29 is 23.2 Å². The summed E-state index contributed by atoms with van der Waals surface area (Å²) in [6, 6.07) is 0. The van der Waals surface area contributed by atoms with Crippen molar-refractivity contribution >= 4 is 0 Å². The van der Waals surface area contributed by atoms with E-state index in [9.17, 15) is 0 Å². The van der Waals surface area contributed by atoms with Crippen molar-refractivity contribution in [2.75, 3.05) is 0 Å². The summed E-state index contributed by atoms with van der Waals surface area (Å²) in [5, 5.41) is 0. The Morgan fingerprint density at radius 3 is 3.11 bits per heavy atom. The molecule has 0 bridgehead atoms. The molecule has 1 aliphatic carbocycles. The van der Waals surface area contributed by atoms with Gasteiger partial charge >= 0.3 is 67.9 Å². The van der Waals surface area contributed by atoms with Crippen molar-refractivity contribution in [3.05, 3.63) is 31.4 Å². The second-order valence-corrected chi connectivity index (χ2v) is 5.08. The van der Waals surface area contributed by atoms with Gasteiger partial charge in [0.15, 0.2) is 0 Å². The SMILES string of the molecule is CC=[CH][Zr][C]1=CC=CC1. The second-order valence-electron chi connectivity index (χ2n) is 1.97. The van der Waals surface area contributed by atoms with Gasteiger partial charge in [-0.05, 0) is 0 Å². The monoisotopic (exact) mass is 196 g/mol. The van der Waals surface area contributed by atoms with Crippen molar-refractivity contribution in [3.63, 3.8) is 0 Å². The van der Waals surface area contributed by atoms with Gasteiger partial charge in [-0.25, -0.2) is 0 Å². The van der Waals surface area contributed by atoms with E-state index in [1.54, 1.807) is 3.28 Å². The summed E-state index contributed by atoms with van der Waals surface area (Å²) in [5.41, 5.74) is 0. The molecule has 0 N–H and O–H groups in total. The van der Waals surface area contributed by atoms with Crippen molar-refractivity contribution in [2.24, 2.45) is 0 Å². The normalized spacial score (nSPS) is 16.8. The fourth-order valence-corrected chi connectivity index (χ4v) is 2.73. The van der Waals surface area contributed by atoms with Gasteiger partial charge in [0.25, 0.3) is 0 Å². The zero-order chi connectivity index (χ0) is 6.53. The van der Waals surface area contributed by atoms with Crippen LogP contribution in [0.3, 0.4) is 0 Å². The Morgan fingerprint density at radius 1 is 1.67 bits per heavy atom. The summed E-state index contributed by atoms with van der Waals surface area (Å²) < 4.78 is 4.05. The van der Waals surface area contributed by atoms with Gasteiger partial charge in [0.2, 0.25) is 0 Å². The molecule has 0 amide bonds. The Balaban J connectivity index is 2.30. The summed E-state index contributed by atoms with van der Waals surface area (Å²) >= 11 is -0.246. The van der Waals surface area contributed by atoms with Gasteiger partial charge in [-0.3, -0.25) is 0 Å². The first-order valence-corrected chi connectivity index (χ1v) is 5.81. The van der Waals surface area contributed by atoms with Gasteiger partial charge in [0.05, 0.1) is 0 Å². The Labute approximate surface area is 67.9 Å². The van der Waals surface area contributed by atoms with Crippen LogP contribution in [0.4, 0.5) is 0 Å². The topological polar surface area (TPSA) is 0 Å². The average molecular weight is 197 g/mol. The fourth-order valence-electron chi connectivity index (χ4n) is 0.745. The predicted octanol–water partition coefficient (Wildman–Crippen LogP) is 2.45. The molecule has 0 unspecified atom stereocenters. The molecule has 0 aromatic heterocycles. The summed E-state index contributed by atoms with van der Waals surface area (Å²) in [7, 11) is 0. The molecule has 0 heterocycles.